The van der Waals surface area contributed by atoms with E-state index in [1.165, 1.54) is 6.07 Å². The van der Waals surface area contributed by atoms with Crippen molar-refractivity contribution in [1.29, 1.82) is 5.26 Å². The molecule has 0 amide bonds. The number of rotatable bonds is 2. The molecule has 0 aliphatic carbocycles. The van der Waals surface area contributed by atoms with Gasteiger partial charge in [0, 0.05) is 12.0 Å². The molecule has 0 aromatic heterocycles. The van der Waals surface area contributed by atoms with Crippen molar-refractivity contribution in [3.63, 3.8) is 0 Å². The first kappa shape index (κ1) is 13.9. The zero-order chi connectivity index (χ0) is 14.9. The molecule has 1 aliphatic rings. The first-order valence-corrected chi connectivity index (χ1v) is 7.10. The van der Waals surface area contributed by atoms with Gasteiger partial charge in [-0.1, -0.05) is 41.9 Å². The van der Waals surface area contributed by atoms with Crippen molar-refractivity contribution in [2.75, 3.05) is 6.61 Å². The number of ether oxygens (including phenoxy) is 1. The van der Waals surface area contributed by atoms with Crippen molar-refractivity contribution in [2.24, 2.45) is 0 Å². The zero-order valence-corrected chi connectivity index (χ0v) is 12.0. The maximum absolute atomic E-state index is 14.2. The van der Waals surface area contributed by atoms with Gasteiger partial charge in [0.15, 0.2) is 0 Å². The van der Waals surface area contributed by atoms with Gasteiger partial charge in [-0.3, -0.25) is 0 Å². The average Bonchev–Trinajstić information content (AvgIpc) is 2.52. The van der Waals surface area contributed by atoms with Crippen molar-refractivity contribution < 1.29 is 9.13 Å². The summed E-state index contributed by atoms with van der Waals surface area (Å²) in [6.45, 7) is 0.451. The fourth-order valence-corrected chi connectivity index (χ4v) is 3.00. The van der Waals surface area contributed by atoms with Crippen molar-refractivity contribution >= 4 is 11.6 Å². The van der Waals surface area contributed by atoms with Crippen LogP contribution in [0.15, 0.2) is 42.5 Å². The highest BCUT2D eigenvalue weighted by atomic mass is 35.5. The second kappa shape index (κ2) is 5.38. The van der Waals surface area contributed by atoms with Gasteiger partial charge >= 0.3 is 0 Å². The van der Waals surface area contributed by atoms with E-state index in [9.17, 15) is 9.65 Å². The van der Waals surface area contributed by atoms with Crippen LogP contribution in [0.25, 0.3) is 0 Å². The number of para-hydroxylation sites is 1. The van der Waals surface area contributed by atoms with Gasteiger partial charge in [-0.05, 0) is 24.1 Å². The number of fused-ring (bicyclic) bond motifs is 1. The number of nitriles is 1. The molecule has 0 saturated carbocycles. The van der Waals surface area contributed by atoms with Crippen LogP contribution in [0.2, 0.25) is 5.02 Å². The number of halogens is 2. The summed E-state index contributed by atoms with van der Waals surface area (Å²) in [5.41, 5.74) is 0.499. The Kier molecular flexibility index (Phi) is 3.57. The molecule has 4 heteroatoms. The highest BCUT2D eigenvalue weighted by Crippen LogP contribution is 2.41. The second-order valence-electron chi connectivity index (χ2n) is 5.18. The first-order valence-electron chi connectivity index (χ1n) is 6.73. The van der Waals surface area contributed by atoms with Crippen LogP contribution in [0, 0.1) is 17.1 Å². The van der Waals surface area contributed by atoms with Gasteiger partial charge in [0.05, 0.1) is 23.1 Å². The molecule has 0 bridgehead atoms. The monoisotopic (exact) mass is 301 g/mol. The summed E-state index contributed by atoms with van der Waals surface area (Å²) in [4.78, 5) is 0. The molecule has 106 valence electrons. The van der Waals surface area contributed by atoms with Crippen molar-refractivity contribution in [2.45, 2.75) is 18.3 Å². The topological polar surface area (TPSA) is 33.0 Å². The van der Waals surface area contributed by atoms with Crippen LogP contribution in [0.1, 0.15) is 17.5 Å². The van der Waals surface area contributed by atoms with Crippen LogP contribution in [-0.4, -0.2) is 6.61 Å². The third-order valence-electron chi connectivity index (χ3n) is 3.93. The lowest BCUT2D eigenvalue weighted by atomic mass is 9.73. The van der Waals surface area contributed by atoms with E-state index in [4.69, 9.17) is 16.3 Å². The van der Waals surface area contributed by atoms with Gasteiger partial charge < -0.3 is 4.74 Å². The van der Waals surface area contributed by atoms with E-state index in [1.54, 1.807) is 12.1 Å². The highest BCUT2D eigenvalue weighted by Gasteiger charge is 2.38. The summed E-state index contributed by atoms with van der Waals surface area (Å²) in [6.07, 6.45) is 0.822. The van der Waals surface area contributed by atoms with Crippen LogP contribution in [0.3, 0.4) is 0 Å². The van der Waals surface area contributed by atoms with Gasteiger partial charge in [0.25, 0.3) is 0 Å². The molecule has 2 nitrogen and oxygen atoms in total. The Balaban J connectivity index is 2.07. The molecule has 1 unspecified atom stereocenters. The summed E-state index contributed by atoms with van der Waals surface area (Å²) < 4.78 is 19.8. The standard InChI is InChI=1S/C17H13ClFNO/c18-14-6-3-4-12(16(14)19)10-17(11-20)8-9-21-15-7-2-1-5-13(15)17/h1-7H,8-10H2. The predicted octanol–water partition coefficient (Wildman–Crippen LogP) is 4.27. The van der Waals surface area contributed by atoms with E-state index in [2.05, 4.69) is 6.07 Å². The Morgan fingerprint density at radius 2 is 2.05 bits per heavy atom. The summed E-state index contributed by atoms with van der Waals surface area (Å²) in [6, 6.07) is 14.7. The average molecular weight is 302 g/mol. The molecule has 2 aromatic carbocycles. The van der Waals surface area contributed by atoms with E-state index in [0.717, 1.165) is 5.56 Å². The highest BCUT2D eigenvalue weighted by molar-refractivity contribution is 6.30. The van der Waals surface area contributed by atoms with Gasteiger partial charge in [-0.2, -0.15) is 5.26 Å². The van der Waals surface area contributed by atoms with Crippen LogP contribution < -0.4 is 4.74 Å². The Labute approximate surface area is 127 Å². The van der Waals surface area contributed by atoms with Crippen LogP contribution in [0.5, 0.6) is 5.75 Å². The maximum atomic E-state index is 14.2. The SMILES string of the molecule is N#CC1(Cc2cccc(Cl)c2F)CCOc2ccccc21. The van der Waals surface area contributed by atoms with Crippen LogP contribution >= 0.6 is 11.6 Å². The van der Waals surface area contributed by atoms with Gasteiger partial charge in [-0.25, -0.2) is 4.39 Å². The van der Waals surface area contributed by atoms with Gasteiger partial charge in [0.1, 0.15) is 11.6 Å². The Morgan fingerprint density at radius 3 is 2.86 bits per heavy atom. The van der Waals surface area contributed by atoms with Crippen LogP contribution in [-0.2, 0) is 11.8 Å². The Hall–Kier alpha value is -2.05. The molecule has 0 saturated heterocycles. The lowest BCUT2D eigenvalue weighted by Gasteiger charge is -2.33. The van der Waals surface area contributed by atoms with Gasteiger partial charge in [0.2, 0.25) is 0 Å². The zero-order valence-electron chi connectivity index (χ0n) is 11.3. The first-order chi connectivity index (χ1) is 10.2. The molecule has 0 fully saturated rings. The van der Waals surface area contributed by atoms with E-state index < -0.39 is 11.2 Å². The number of benzene rings is 2. The fourth-order valence-electron chi connectivity index (χ4n) is 2.81. The summed E-state index contributed by atoms with van der Waals surface area (Å²) >= 11 is 5.84. The molecule has 21 heavy (non-hydrogen) atoms. The van der Waals surface area contributed by atoms with E-state index in [0.29, 0.717) is 24.3 Å². The molecule has 2 aromatic rings. The smallest absolute Gasteiger partial charge is 0.145 e. The second-order valence-corrected chi connectivity index (χ2v) is 5.59. The molecular weight excluding hydrogens is 289 g/mol. The lowest BCUT2D eigenvalue weighted by molar-refractivity contribution is 0.240. The fraction of sp³-hybridized carbons (Fsp3) is 0.235. The van der Waals surface area contributed by atoms with Gasteiger partial charge in [-0.15, -0.1) is 0 Å². The maximum Gasteiger partial charge on any atom is 0.145 e. The summed E-state index contributed by atoms with van der Waals surface area (Å²) in [5, 5.41) is 9.83. The summed E-state index contributed by atoms with van der Waals surface area (Å²) in [5.74, 6) is 0.255. The minimum absolute atomic E-state index is 0.0842. The van der Waals surface area contributed by atoms with Crippen LogP contribution in [0.4, 0.5) is 4.39 Å². The Bertz CT molecular complexity index is 725. The molecule has 1 heterocycles. The predicted molar refractivity (Wildman–Crippen MR) is 79.0 cm³/mol. The van der Waals surface area contributed by atoms with E-state index in [1.807, 2.05) is 24.3 Å². The molecule has 0 radical (unpaired) electrons. The number of nitrogens with zero attached hydrogens (tertiary/aromatic N) is 1. The molecule has 1 atom stereocenters. The van der Waals surface area contributed by atoms with Crippen molar-refractivity contribution in [1.82, 2.24) is 0 Å². The molecule has 1 aliphatic heterocycles. The number of hydrogen-bond acceptors (Lipinski definition) is 2. The summed E-state index contributed by atoms with van der Waals surface area (Å²) in [7, 11) is 0. The lowest BCUT2D eigenvalue weighted by Crippen LogP contribution is -2.34. The molecule has 0 N–H and O–H groups in total. The van der Waals surface area contributed by atoms with E-state index >= 15 is 0 Å². The third-order valence-corrected chi connectivity index (χ3v) is 4.22. The Morgan fingerprint density at radius 1 is 1.24 bits per heavy atom. The largest absolute Gasteiger partial charge is 0.493 e. The van der Waals surface area contributed by atoms with Crippen molar-refractivity contribution in [3.05, 3.63) is 64.4 Å². The quantitative estimate of drug-likeness (QED) is 0.830. The van der Waals surface area contributed by atoms with E-state index in [-0.39, 0.29) is 11.4 Å². The number of hydrogen-bond donors (Lipinski definition) is 0. The van der Waals surface area contributed by atoms with Crippen molar-refractivity contribution in [3.8, 4) is 11.8 Å². The molecule has 0 spiro atoms. The minimum Gasteiger partial charge on any atom is -0.493 e. The molecular formula is C17H13ClFNO. The minimum atomic E-state index is -0.777. The molecule has 3 rings (SSSR count). The normalized spacial score (nSPS) is 20.2. The third kappa shape index (κ3) is 2.36.